The third-order valence-corrected chi connectivity index (χ3v) is 6.35. The minimum Gasteiger partial charge on any atom is -0.348 e. The lowest BCUT2D eigenvalue weighted by molar-refractivity contribution is -0.225. The lowest BCUT2D eigenvalue weighted by atomic mass is 10.0. The number of hydrogen-bond acceptors (Lipinski definition) is 6. The average molecular weight is 451 g/mol. The number of nitrogens with zero attached hydrogens (tertiary/aromatic N) is 2. The van der Waals surface area contributed by atoms with E-state index in [1.54, 1.807) is 22.8 Å². The van der Waals surface area contributed by atoms with Crippen molar-refractivity contribution in [3.05, 3.63) is 46.7 Å². The van der Waals surface area contributed by atoms with Gasteiger partial charge in [0.1, 0.15) is 24.1 Å². The van der Waals surface area contributed by atoms with Gasteiger partial charge in [-0.05, 0) is 59.0 Å². The number of rotatable bonds is 3. The van der Waals surface area contributed by atoms with E-state index in [2.05, 4.69) is 0 Å². The third kappa shape index (κ3) is 3.57. The van der Waals surface area contributed by atoms with Gasteiger partial charge in [0, 0.05) is 11.9 Å². The Bertz CT molecular complexity index is 1060. The van der Waals surface area contributed by atoms with Gasteiger partial charge in [0.25, 0.3) is 0 Å². The van der Waals surface area contributed by atoms with Crippen molar-refractivity contribution in [2.24, 2.45) is 0 Å². The zero-order chi connectivity index (χ0) is 22.1. The van der Waals surface area contributed by atoms with Crippen molar-refractivity contribution >= 4 is 12.2 Å². The zero-order valence-corrected chi connectivity index (χ0v) is 19.0. The van der Waals surface area contributed by atoms with E-state index in [1.165, 1.54) is 6.07 Å². The Balaban J connectivity index is 1.58. The van der Waals surface area contributed by atoms with Gasteiger partial charge in [-0.1, -0.05) is 12.1 Å². The van der Waals surface area contributed by atoms with Crippen molar-refractivity contribution in [2.75, 3.05) is 6.61 Å². The lowest BCUT2D eigenvalue weighted by Crippen LogP contribution is -2.40. The molecular formula is C22H27FN2O5S. The van der Waals surface area contributed by atoms with E-state index in [-0.39, 0.29) is 18.0 Å². The SMILES string of the molecule is Cc1cn([C@H]2[C@H]3OC(C)(C)O[C@H]3O[C@@H]2[C@H]2COC(C)(C)O2)c(=S)n1-c1ccccc1F. The summed E-state index contributed by atoms with van der Waals surface area (Å²) in [5.41, 5.74) is 1.21. The van der Waals surface area contributed by atoms with Crippen LogP contribution in [0.15, 0.2) is 30.5 Å². The second kappa shape index (κ2) is 7.19. The van der Waals surface area contributed by atoms with E-state index in [4.69, 9.17) is 35.9 Å². The van der Waals surface area contributed by atoms with Gasteiger partial charge in [0.15, 0.2) is 22.6 Å². The monoisotopic (exact) mass is 450 g/mol. The number of ether oxygens (including phenoxy) is 5. The third-order valence-electron chi connectivity index (χ3n) is 5.95. The molecule has 3 saturated heterocycles. The summed E-state index contributed by atoms with van der Waals surface area (Å²) in [7, 11) is 0. The van der Waals surface area contributed by atoms with Crippen LogP contribution in [0.3, 0.4) is 0 Å². The summed E-state index contributed by atoms with van der Waals surface area (Å²) in [6.45, 7) is 9.74. The van der Waals surface area contributed by atoms with Gasteiger partial charge < -0.3 is 28.3 Å². The molecule has 0 saturated carbocycles. The second-order valence-electron chi connectivity index (χ2n) is 9.17. The molecule has 0 bridgehead atoms. The summed E-state index contributed by atoms with van der Waals surface area (Å²) < 4.78 is 49.1. The molecule has 0 N–H and O–H groups in total. The first kappa shape index (κ1) is 21.2. The molecule has 0 amide bonds. The van der Waals surface area contributed by atoms with Crippen molar-refractivity contribution in [1.29, 1.82) is 0 Å². The maximum atomic E-state index is 14.6. The van der Waals surface area contributed by atoms with Gasteiger partial charge in [0.05, 0.1) is 18.3 Å². The number of para-hydroxylation sites is 1. The molecule has 0 aliphatic carbocycles. The first-order valence-corrected chi connectivity index (χ1v) is 10.9. The Hall–Kier alpha value is -1.62. The lowest BCUT2D eigenvalue weighted by Gasteiger charge is -2.29. The highest BCUT2D eigenvalue weighted by atomic mass is 32.1. The number of imidazole rings is 1. The minimum absolute atomic E-state index is 0.320. The number of aromatic nitrogens is 2. The summed E-state index contributed by atoms with van der Waals surface area (Å²) in [5, 5.41) is 0. The topological polar surface area (TPSA) is 56.0 Å². The summed E-state index contributed by atoms with van der Waals surface area (Å²) >= 11 is 5.82. The first-order valence-electron chi connectivity index (χ1n) is 10.4. The van der Waals surface area contributed by atoms with Crippen LogP contribution in [0.4, 0.5) is 4.39 Å². The van der Waals surface area contributed by atoms with Gasteiger partial charge in [-0.25, -0.2) is 4.39 Å². The van der Waals surface area contributed by atoms with E-state index in [0.717, 1.165) is 5.69 Å². The van der Waals surface area contributed by atoms with E-state index in [9.17, 15) is 4.39 Å². The van der Waals surface area contributed by atoms with Gasteiger partial charge in [-0.15, -0.1) is 0 Å². The van der Waals surface area contributed by atoms with Crippen LogP contribution in [0, 0.1) is 17.5 Å². The Morgan fingerprint density at radius 1 is 1.03 bits per heavy atom. The molecular weight excluding hydrogens is 423 g/mol. The molecule has 168 valence electrons. The van der Waals surface area contributed by atoms with Crippen molar-refractivity contribution in [3.8, 4) is 5.69 Å². The molecule has 1 aromatic carbocycles. The van der Waals surface area contributed by atoms with Crippen LogP contribution in [-0.4, -0.2) is 51.9 Å². The fraction of sp³-hybridized carbons (Fsp3) is 0.591. The van der Waals surface area contributed by atoms with E-state index in [0.29, 0.717) is 17.1 Å². The van der Waals surface area contributed by atoms with E-state index >= 15 is 0 Å². The Morgan fingerprint density at radius 2 is 1.77 bits per heavy atom. The zero-order valence-electron chi connectivity index (χ0n) is 18.2. The number of halogens is 1. The fourth-order valence-electron chi connectivity index (χ4n) is 4.74. The van der Waals surface area contributed by atoms with Crippen LogP contribution in [0.25, 0.3) is 5.69 Å². The standard InChI is InChI=1S/C22H27FN2O5S/c1-12-10-24(20(31)25(12)14-9-7-6-8-13(14)23)16-17(15-11-26-21(2,3)28-15)27-19-18(16)29-22(4,5)30-19/h6-10,15-19H,11H2,1-5H3/t15-,16-,17-,18-,19-/m1/s1. The molecule has 9 heteroatoms. The van der Waals surface area contributed by atoms with Crippen LogP contribution in [0.5, 0.6) is 0 Å². The summed E-state index contributed by atoms with van der Waals surface area (Å²) in [5.74, 6) is -1.82. The van der Waals surface area contributed by atoms with Crippen LogP contribution in [0.2, 0.25) is 0 Å². The predicted molar refractivity (Wildman–Crippen MR) is 112 cm³/mol. The van der Waals surface area contributed by atoms with Gasteiger partial charge in [0.2, 0.25) is 0 Å². The molecule has 31 heavy (non-hydrogen) atoms. The van der Waals surface area contributed by atoms with Crippen molar-refractivity contribution in [3.63, 3.8) is 0 Å². The highest BCUT2D eigenvalue weighted by molar-refractivity contribution is 7.71. The average Bonchev–Trinajstić information content (AvgIpc) is 3.36. The number of hydrogen-bond donors (Lipinski definition) is 0. The predicted octanol–water partition coefficient (Wildman–Crippen LogP) is 4.02. The maximum absolute atomic E-state index is 14.6. The summed E-state index contributed by atoms with van der Waals surface area (Å²) in [6.07, 6.45) is 0.231. The first-order chi connectivity index (χ1) is 14.6. The highest BCUT2D eigenvalue weighted by Crippen LogP contribution is 2.46. The molecule has 3 fully saturated rings. The largest absolute Gasteiger partial charge is 0.348 e. The number of aryl methyl sites for hydroxylation is 1. The Morgan fingerprint density at radius 3 is 2.45 bits per heavy atom. The molecule has 0 spiro atoms. The van der Waals surface area contributed by atoms with E-state index in [1.807, 2.05) is 45.4 Å². The number of benzene rings is 1. The van der Waals surface area contributed by atoms with Crippen molar-refractivity contribution in [2.45, 2.75) is 76.8 Å². The molecule has 7 nitrogen and oxygen atoms in total. The van der Waals surface area contributed by atoms with Crippen LogP contribution < -0.4 is 0 Å². The quantitative estimate of drug-likeness (QED) is 0.659. The highest BCUT2D eigenvalue weighted by Gasteiger charge is 2.59. The molecule has 0 unspecified atom stereocenters. The normalized spacial score (nSPS) is 33.7. The minimum atomic E-state index is -0.782. The van der Waals surface area contributed by atoms with Crippen molar-refractivity contribution < 1.29 is 28.1 Å². The smallest absolute Gasteiger partial charge is 0.189 e. The van der Waals surface area contributed by atoms with Crippen LogP contribution >= 0.6 is 12.2 Å². The van der Waals surface area contributed by atoms with Crippen molar-refractivity contribution in [1.82, 2.24) is 9.13 Å². The Labute approximate surface area is 185 Å². The molecule has 5 atom stereocenters. The molecule has 5 rings (SSSR count). The molecule has 0 radical (unpaired) electrons. The molecule has 1 aromatic heterocycles. The molecule has 2 aromatic rings. The van der Waals surface area contributed by atoms with Gasteiger partial charge in [-0.3, -0.25) is 4.57 Å². The number of fused-ring (bicyclic) bond motifs is 1. The summed E-state index contributed by atoms with van der Waals surface area (Å²) in [4.78, 5) is 0. The molecule has 4 heterocycles. The van der Waals surface area contributed by atoms with E-state index < -0.39 is 30.1 Å². The maximum Gasteiger partial charge on any atom is 0.189 e. The van der Waals surface area contributed by atoms with Gasteiger partial charge in [-0.2, -0.15) is 0 Å². The summed E-state index contributed by atoms with van der Waals surface area (Å²) in [6, 6.07) is 6.26. The Kier molecular flexibility index (Phi) is 4.93. The fourth-order valence-corrected chi connectivity index (χ4v) is 5.15. The van der Waals surface area contributed by atoms with Gasteiger partial charge >= 0.3 is 0 Å². The second-order valence-corrected chi connectivity index (χ2v) is 9.54. The molecule has 3 aliphatic rings. The van der Waals surface area contributed by atoms with Crippen LogP contribution in [-0.2, 0) is 23.7 Å². The molecule has 3 aliphatic heterocycles. The van der Waals surface area contributed by atoms with Crippen LogP contribution in [0.1, 0.15) is 39.4 Å².